The predicted molar refractivity (Wildman–Crippen MR) is 49.2 cm³/mol. The van der Waals surface area contributed by atoms with Crippen LogP contribution in [0, 0.1) is 0 Å². The zero-order chi connectivity index (χ0) is 9.14. The fraction of sp³-hybridized carbons (Fsp3) is 0.750. The Morgan fingerprint density at radius 3 is 2.92 bits per heavy atom. The number of hydrogen-bond donors (Lipinski definition) is 0. The monoisotopic (exact) mass is 233 g/mol. The van der Waals surface area contributed by atoms with Crippen LogP contribution in [0.25, 0.3) is 0 Å². The summed E-state index contributed by atoms with van der Waals surface area (Å²) in [5.74, 6) is 0.257. The molecule has 68 valence electrons. The van der Waals surface area contributed by atoms with E-state index in [1.54, 1.807) is 4.90 Å². The molecule has 1 atom stereocenters. The van der Waals surface area contributed by atoms with E-state index >= 15 is 0 Å². The minimum atomic E-state index is -0.163. The summed E-state index contributed by atoms with van der Waals surface area (Å²) in [7, 11) is 0. The van der Waals surface area contributed by atoms with Gasteiger partial charge in [-0.25, -0.2) is 0 Å². The van der Waals surface area contributed by atoms with E-state index in [0.717, 1.165) is 6.42 Å². The number of rotatable bonds is 0. The van der Waals surface area contributed by atoms with Gasteiger partial charge < -0.3 is 4.90 Å². The summed E-state index contributed by atoms with van der Waals surface area (Å²) >= 11 is 3.27. The Hall–Kier alpha value is -0.380. The third-order valence-electron chi connectivity index (χ3n) is 2.03. The van der Waals surface area contributed by atoms with Gasteiger partial charge in [-0.15, -0.1) is 0 Å². The van der Waals surface area contributed by atoms with Crippen molar-refractivity contribution in [3.63, 3.8) is 0 Å². The summed E-state index contributed by atoms with van der Waals surface area (Å²) in [6, 6.07) is 0. The number of Topliss-reactive ketones (excluding diaryl/α,β-unsaturated/α-hetero) is 1. The third-order valence-corrected chi connectivity index (χ3v) is 2.83. The second kappa shape index (κ2) is 4.03. The van der Waals surface area contributed by atoms with Gasteiger partial charge in [0, 0.05) is 26.4 Å². The number of alkyl halides is 1. The summed E-state index contributed by atoms with van der Waals surface area (Å²) in [5, 5.41) is 0. The van der Waals surface area contributed by atoms with Crippen LogP contribution in [0.15, 0.2) is 0 Å². The van der Waals surface area contributed by atoms with Gasteiger partial charge in [-0.05, 0) is 6.42 Å². The van der Waals surface area contributed by atoms with E-state index in [9.17, 15) is 9.59 Å². The lowest BCUT2D eigenvalue weighted by atomic mass is 10.2. The Morgan fingerprint density at radius 1 is 1.67 bits per heavy atom. The molecule has 0 N–H and O–H groups in total. The molecule has 0 aromatic rings. The SMILES string of the molecule is CC(=O)N1CCCC(=O)C(Br)C1. The second-order valence-corrected chi connectivity index (χ2v) is 4.11. The lowest BCUT2D eigenvalue weighted by Gasteiger charge is -2.19. The Balaban J connectivity index is 2.59. The molecule has 1 fully saturated rings. The van der Waals surface area contributed by atoms with Crippen LogP contribution in [-0.4, -0.2) is 34.5 Å². The van der Waals surface area contributed by atoms with Gasteiger partial charge in [0.1, 0.15) is 5.78 Å². The van der Waals surface area contributed by atoms with Crippen molar-refractivity contribution in [1.82, 2.24) is 4.90 Å². The molecule has 0 saturated carbocycles. The van der Waals surface area contributed by atoms with Crippen molar-refractivity contribution >= 4 is 27.6 Å². The van der Waals surface area contributed by atoms with E-state index in [-0.39, 0.29) is 16.5 Å². The van der Waals surface area contributed by atoms with Crippen molar-refractivity contribution in [3.8, 4) is 0 Å². The Labute approximate surface area is 80.2 Å². The molecule has 0 radical (unpaired) electrons. The number of hydrogen-bond acceptors (Lipinski definition) is 2. The summed E-state index contributed by atoms with van der Waals surface area (Å²) in [6.07, 6.45) is 1.38. The first-order chi connectivity index (χ1) is 5.61. The van der Waals surface area contributed by atoms with E-state index in [2.05, 4.69) is 15.9 Å². The van der Waals surface area contributed by atoms with Crippen molar-refractivity contribution in [1.29, 1.82) is 0 Å². The quantitative estimate of drug-likeness (QED) is 0.585. The van der Waals surface area contributed by atoms with Crippen LogP contribution in [0.3, 0.4) is 0 Å². The van der Waals surface area contributed by atoms with Crippen LogP contribution >= 0.6 is 15.9 Å². The highest BCUT2D eigenvalue weighted by molar-refractivity contribution is 9.10. The van der Waals surface area contributed by atoms with Crippen LogP contribution in [0.1, 0.15) is 19.8 Å². The molecule has 0 bridgehead atoms. The van der Waals surface area contributed by atoms with E-state index in [0.29, 0.717) is 19.5 Å². The maximum atomic E-state index is 11.2. The molecule has 0 spiro atoms. The van der Waals surface area contributed by atoms with Crippen molar-refractivity contribution in [2.75, 3.05) is 13.1 Å². The maximum Gasteiger partial charge on any atom is 0.219 e. The molecular formula is C8H12BrNO2. The second-order valence-electron chi connectivity index (χ2n) is 3.00. The van der Waals surface area contributed by atoms with E-state index < -0.39 is 0 Å². The van der Waals surface area contributed by atoms with Crippen LogP contribution in [0.4, 0.5) is 0 Å². The molecule has 0 aliphatic carbocycles. The number of halogens is 1. The number of carbonyl (C=O) groups is 2. The van der Waals surface area contributed by atoms with Gasteiger partial charge in [-0.1, -0.05) is 15.9 Å². The van der Waals surface area contributed by atoms with Gasteiger partial charge in [0.2, 0.25) is 5.91 Å². The zero-order valence-electron chi connectivity index (χ0n) is 7.05. The van der Waals surface area contributed by atoms with Crippen LogP contribution < -0.4 is 0 Å². The predicted octanol–water partition coefficient (Wildman–Crippen LogP) is 0.961. The van der Waals surface area contributed by atoms with E-state index in [1.807, 2.05) is 0 Å². The van der Waals surface area contributed by atoms with E-state index in [1.165, 1.54) is 6.92 Å². The molecule has 12 heavy (non-hydrogen) atoms. The van der Waals surface area contributed by atoms with Crippen molar-refractivity contribution in [2.45, 2.75) is 24.6 Å². The molecule has 1 aliphatic rings. The molecule has 4 heteroatoms. The average molecular weight is 234 g/mol. The number of nitrogens with zero attached hydrogens (tertiary/aromatic N) is 1. The summed E-state index contributed by atoms with van der Waals surface area (Å²) in [4.78, 5) is 23.7. The highest BCUT2D eigenvalue weighted by Gasteiger charge is 2.23. The van der Waals surface area contributed by atoms with Crippen molar-refractivity contribution < 1.29 is 9.59 Å². The highest BCUT2D eigenvalue weighted by Crippen LogP contribution is 2.13. The molecule has 0 aromatic carbocycles. The summed E-state index contributed by atoms with van der Waals surface area (Å²) < 4.78 is 0. The van der Waals surface area contributed by atoms with Gasteiger partial charge in [0.05, 0.1) is 4.83 Å². The Morgan fingerprint density at radius 2 is 2.33 bits per heavy atom. The topological polar surface area (TPSA) is 37.4 Å². The number of likely N-dealkylation sites (tertiary alicyclic amines) is 1. The average Bonchev–Trinajstić information content (AvgIpc) is 2.15. The minimum absolute atomic E-state index is 0.0501. The molecular weight excluding hydrogens is 222 g/mol. The fourth-order valence-corrected chi connectivity index (χ4v) is 1.85. The first kappa shape index (κ1) is 9.71. The highest BCUT2D eigenvalue weighted by atomic mass is 79.9. The molecule has 1 unspecified atom stereocenters. The minimum Gasteiger partial charge on any atom is -0.341 e. The molecule has 1 amide bonds. The normalized spacial score (nSPS) is 25.3. The molecule has 1 rings (SSSR count). The largest absolute Gasteiger partial charge is 0.341 e. The van der Waals surface area contributed by atoms with Crippen molar-refractivity contribution in [2.24, 2.45) is 0 Å². The maximum absolute atomic E-state index is 11.2. The fourth-order valence-electron chi connectivity index (χ4n) is 1.27. The van der Waals surface area contributed by atoms with Gasteiger partial charge >= 0.3 is 0 Å². The Kier molecular flexibility index (Phi) is 3.26. The zero-order valence-corrected chi connectivity index (χ0v) is 8.63. The Bertz CT molecular complexity index is 205. The van der Waals surface area contributed by atoms with Gasteiger partial charge in [0.25, 0.3) is 0 Å². The molecule has 1 heterocycles. The lowest BCUT2D eigenvalue weighted by molar-refractivity contribution is -0.128. The van der Waals surface area contributed by atoms with Gasteiger partial charge in [-0.2, -0.15) is 0 Å². The van der Waals surface area contributed by atoms with Crippen molar-refractivity contribution in [3.05, 3.63) is 0 Å². The summed E-state index contributed by atoms with van der Waals surface area (Å²) in [6.45, 7) is 2.77. The smallest absolute Gasteiger partial charge is 0.219 e. The lowest BCUT2D eigenvalue weighted by Crippen LogP contribution is -2.34. The molecule has 1 aliphatic heterocycles. The van der Waals surface area contributed by atoms with Gasteiger partial charge in [-0.3, -0.25) is 9.59 Å². The third kappa shape index (κ3) is 2.30. The van der Waals surface area contributed by atoms with Crippen LogP contribution in [-0.2, 0) is 9.59 Å². The molecule has 0 aromatic heterocycles. The summed E-state index contributed by atoms with van der Waals surface area (Å²) in [5.41, 5.74) is 0. The number of amides is 1. The first-order valence-corrected chi connectivity index (χ1v) is 4.95. The van der Waals surface area contributed by atoms with Crippen LogP contribution in [0.2, 0.25) is 0 Å². The number of ketones is 1. The van der Waals surface area contributed by atoms with Gasteiger partial charge in [0.15, 0.2) is 0 Å². The molecule has 1 saturated heterocycles. The van der Waals surface area contributed by atoms with E-state index in [4.69, 9.17) is 0 Å². The standard InChI is InChI=1S/C8H12BrNO2/c1-6(11)10-4-2-3-8(12)7(9)5-10/h7H,2-5H2,1H3. The van der Waals surface area contributed by atoms with Crippen LogP contribution in [0.5, 0.6) is 0 Å². The molecule has 3 nitrogen and oxygen atoms in total. The number of carbonyl (C=O) groups excluding carboxylic acids is 2. The first-order valence-electron chi connectivity index (χ1n) is 4.03.